The van der Waals surface area contributed by atoms with Gasteiger partial charge in [0.05, 0.1) is 12.8 Å². The molecule has 0 bridgehead atoms. The summed E-state index contributed by atoms with van der Waals surface area (Å²) in [6, 6.07) is 1.74. The van der Waals surface area contributed by atoms with Crippen LogP contribution in [0.2, 0.25) is 0 Å². The zero-order chi connectivity index (χ0) is 10.0. The average Bonchev–Trinajstić information content (AvgIpc) is 2.10. The van der Waals surface area contributed by atoms with E-state index in [-0.39, 0.29) is 5.69 Å². The molecule has 2 N–H and O–H groups in total. The summed E-state index contributed by atoms with van der Waals surface area (Å²) in [6.45, 7) is 1.80. The summed E-state index contributed by atoms with van der Waals surface area (Å²) in [7, 11) is 1.29. The lowest BCUT2D eigenvalue weighted by atomic mass is 10.2. The van der Waals surface area contributed by atoms with Gasteiger partial charge in [0.2, 0.25) is 0 Å². The van der Waals surface area contributed by atoms with Gasteiger partial charge in [-0.05, 0) is 34.5 Å². The van der Waals surface area contributed by atoms with Crippen LogP contribution in [0.15, 0.2) is 10.7 Å². The van der Waals surface area contributed by atoms with Crippen LogP contribution in [0.1, 0.15) is 16.1 Å². The summed E-state index contributed by atoms with van der Waals surface area (Å²) in [4.78, 5) is 15.1. The number of hydrogen-bond acceptors (Lipinski definition) is 4. The van der Waals surface area contributed by atoms with Gasteiger partial charge >= 0.3 is 5.97 Å². The number of aromatic nitrogens is 1. The van der Waals surface area contributed by atoms with Gasteiger partial charge in [0.15, 0.2) is 5.69 Å². The van der Waals surface area contributed by atoms with Crippen molar-refractivity contribution in [1.82, 2.24) is 4.98 Å². The molecule has 4 nitrogen and oxygen atoms in total. The molecule has 1 heterocycles. The molecule has 0 aliphatic heterocycles. The Balaban J connectivity index is 3.28. The average molecular weight is 245 g/mol. The monoisotopic (exact) mass is 244 g/mol. The van der Waals surface area contributed by atoms with Gasteiger partial charge in [0, 0.05) is 0 Å². The van der Waals surface area contributed by atoms with Gasteiger partial charge in [0.25, 0.3) is 0 Å². The minimum atomic E-state index is -0.526. The van der Waals surface area contributed by atoms with E-state index >= 15 is 0 Å². The number of nitrogens with two attached hydrogens (primary N) is 1. The molecule has 0 amide bonds. The zero-order valence-corrected chi connectivity index (χ0v) is 8.88. The van der Waals surface area contributed by atoms with Crippen LogP contribution < -0.4 is 5.73 Å². The highest BCUT2D eigenvalue weighted by molar-refractivity contribution is 9.10. The van der Waals surface area contributed by atoms with Crippen LogP contribution in [0, 0.1) is 6.92 Å². The first-order chi connectivity index (χ1) is 6.06. The van der Waals surface area contributed by atoms with E-state index in [4.69, 9.17) is 5.73 Å². The van der Waals surface area contributed by atoms with Crippen molar-refractivity contribution in [3.8, 4) is 0 Å². The second kappa shape index (κ2) is 3.74. The van der Waals surface area contributed by atoms with Crippen LogP contribution in [0.3, 0.4) is 0 Å². The fourth-order valence-corrected chi connectivity index (χ4v) is 1.42. The number of hydrogen-bond donors (Lipinski definition) is 1. The summed E-state index contributed by atoms with van der Waals surface area (Å²) >= 11 is 3.17. The standard InChI is InChI=1S/C8H9BrN2O2/c1-4-3-5(9)11-7(6(4)10)8(12)13-2/h3H,10H2,1-2H3. The third kappa shape index (κ3) is 1.98. The van der Waals surface area contributed by atoms with E-state index in [0.29, 0.717) is 10.3 Å². The quantitative estimate of drug-likeness (QED) is 0.601. The van der Waals surface area contributed by atoms with Gasteiger partial charge in [-0.15, -0.1) is 0 Å². The first-order valence-corrected chi connectivity index (χ1v) is 4.36. The minimum Gasteiger partial charge on any atom is -0.464 e. The number of methoxy groups -OCH3 is 1. The first kappa shape index (κ1) is 9.98. The minimum absolute atomic E-state index is 0.148. The van der Waals surface area contributed by atoms with Crippen LogP contribution in [0.5, 0.6) is 0 Å². The predicted molar refractivity (Wildman–Crippen MR) is 52.4 cm³/mol. The topological polar surface area (TPSA) is 65.2 Å². The Bertz CT molecular complexity index is 352. The number of halogens is 1. The molecule has 0 aliphatic rings. The van der Waals surface area contributed by atoms with Gasteiger partial charge in [-0.25, -0.2) is 9.78 Å². The van der Waals surface area contributed by atoms with Crippen LogP contribution in [-0.2, 0) is 4.74 Å². The first-order valence-electron chi connectivity index (χ1n) is 3.57. The van der Waals surface area contributed by atoms with Crippen molar-refractivity contribution in [1.29, 1.82) is 0 Å². The number of esters is 1. The van der Waals surface area contributed by atoms with Gasteiger partial charge in [-0.2, -0.15) is 0 Å². The Morgan fingerprint density at radius 3 is 2.85 bits per heavy atom. The molecule has 0 aromatic carbocycles. The van der Waals surface area contributed by atoms with Crippen molar-refractivity contribution in [2.75, 3.05) is 12.8 Å². The molecule has 0 spiro atoms. The number of rotatable bonds is 1. The SMILES string of the molecule is COC(=O)c1nc(Br)cc(C)c1N. The molecular weight excluding hydrogens is 236 g/mol. The Hall–Kier alpha value is -1.10. The van der Waals surface area contributed by atoms with E-state index in [0.717, 1.165) is 5.56 Å². The van der Waals surface area contributed by atoms with Gasteiger partial charge in [0.1, 0.15) is 4.60 Å². The summed E-state index contributed by atoms with van der Waals surface area (Å²) in [6.07, 6.45) is 0. The molecule has 0 atom stereocenters. The molecule has 1 rings (SSSR count). The fourth-order valence-electron chi connectivity index (χ4n) is 0.895. The maximum atomic E-state index is 11.2. The summed E-state index contributed by atoms with van der Waals surface area (Å²) in [5.41, 5.74) is 6.94. The molecule has 0 fully saturated rings. The highest BCUT2D eigenvalue weighted by Crippen LogP contribution is 2.19. The zero-order valence-electron chi connectivity index (χ0n) is 7.30. The van der Waals surface area contributed by atoms with Crippen molar-refractivity contribution in [3.05, 3.63) is 21.9 Å². The molecule has 0 unspecified atom stereocenters. The van der Waals surface area contributed by atoms with E-state index in [9.17, 15) is 4.79 Å². The molecule has 0 saturated carbocycles. The number of aryl methyl sites for hydroxylation is 1. The summed E-state index contributed by atoms with van der Waals surface area (Å²) in [5, 5.41) is 0. The number of pyridine rings is 1. The van der Waals surface area contributed by atoms with Gasteiger partial charge in [-0.3, -0.25) is 0 Å². The van der Waals surface area contributed by atoms with Gasteiger partial charge < -0.3 is 10.5 Å². The van der Waals surface area contributed by atoms with Crippen LogP contribution in [-0.4, -0.2) is 18.1 Å². The maximum Gasteiger partial charge on any atom is 0.358 e. The van der Waals surface area contributed by atoms with E-state index in [1.807, 2.05) is 0 Å². The van der Waals surface area contributed by atoms with E-state index in [1.165, 1.54) is 7.11 Å². The second-order valence-corrected chi connectivity index (χ2v) is 3.33. The summed E-state index contributed by atoms with van der Waals surface area (Å²) < 4.78 is 5.09. The molecular formula is C8H9BrN2O2. The van der Waals surface area contributed by atoms with Gasteiger partial charge in [-0.1, -0.05) is 0 Å². The number of nitrogen functional groups attached to an aromatic ring is 1. The Morgan fingerprint density at radius 1 is 1.69 bits per heavy atom. The third-order valence-corrected chi connectivity index (χ3v) is 2.02. The highest BCUT2D eigenvalue weighted by atomic mass is 79.9. The Morgan fingerprint density at radius 2 is 2.31 bits per heavy atom. The molecule has 1 aromatic rings. The molecule has 0 aliphatic carbocycles. The molecule has 0 radical (unpaired) electrons. The molecule has 5 heteroatoms. The third-order valence-electron chi connectivity index (χ3n) is 1.61. The van der Waals surface area contributed by atoms with Crippen molar-refractivity contribution in [2.45, 2.75) is 6.92 Å². The number of nitrogens with zero attached hydrogens (tertiary/aromatic N) is 1. The van der Waals surface area contributed by atoms with Crippen molar-refractivity contribution < 1.29 is 9.53 Å². The van der Waals surface area contributed by atoms with Crippen molar-refractivity contribution in [2.24, 2.45) is 0 Å². The Kier molecular flexibility index (Phi) is 2.87. The largest absolute Gasteiger partial charge is 0.464 e. The molecule has 0 saturated heterocycles. The molecule has 1 aromatic heterocycles. The summed E-state index contributed by atoms with van der Waals surface area (Å²) in [5.74, 6) is -0.526. The number of carbonyl (C=O) groups is 1. The van der Waals surface area contributed by atoms with E-state index in [1.54, 1.807) is 13.0 Å². The van der Waals surface area contributed by atoms with Crippen molar-refractivity contribution in [3.63, 3.8) is 0 Å². The number of ether oxygens (including phenoxy) is 1. The lowest BCUT2D eigenvalue weighted by Crippen LogP contribution is -2.09. The Labute approximate surface area is 84.2 Å². The van der Waals surface area contributed by atoms with Crippen LogP contribution in [0.4, 0.5) is 5.69 Å². The van der Waals surface area contributed by atoms with E-state index < -0.39 is 5.97 Å². The van der Waals surface area contributed by atoms with Crippen molar-refractivity contribution >= 4 is 27.6 Å². The molecule has 13 heavy (non-hydrogen) atoms. The number of anilines is 1. The second-order valence-electron chi connectivity index (χ2n) is 2.52. The molecule has 70 valence electrons. The lowest BCUT2D eigenvalue weighted by molar-refractivity contribution is 0.0595. The van der Waals surface area contributed by atoms with Crippen LogP contribution in [0.25, 0.3) is 0 Å². The maximum absolute atomic E-state index is 11.2. The fraction of sp³-hybridized carbons (Fsp3) is 0.250. The smallest absolute Gasteiger partial charge is 0.358 e. The number of carbonyl (C=O) groups excluding carboxylic acids is 1. The van der Waals surface area contributed by atoms with E-state index in [2.05, 4.69) is 25.7 Å². The lowest BCUT2D eigenvalue weighted by Gasteiger charge is -2.05. The normalized spacial score (nSPS) is 9.77. The van der Waals surface area contributed by atoms with Crippen LogP contribution >= 0.6 is 15.9 Å². The predicted octanol–water partition coefficient (Wildman–Crippen LogP) is 1.52. The highest BCUT2D eigenvalue weighted by Gasteiger charge is 2.14.